The molecule has 0 unspecified atom stereocenters. The molecule has 0 atom stereocenters. The predicted octanol–water partition coefficient (Wildman–Crippen LogP) is 3.72. The Balaban J connectivity index is 1.58. The van der Waals surface area contributed by atoms with Gasteiger partial charge in [0.15, 0.2) is 0 Å². The molecular weight excluding hydrogens is 360 g/mol. The van der Waals surface area contributed by atoms with Gasteiger partial charge in [0.25, 0.3) is 0 Å². The van der Waals surface area contributed by atoms with Crippen LogP contribution in [0.25, 0.3) is 10.6 Å². The standard InChI is InChI=1S/C18H19ClN2O3S/c19-15-4-2-1-3-14(15)18-20-13(11-25-18)10-16(22)21-7-5-12(6-8-21)9-17(23)24/h1-4,11-12H,5-10H2,(H,23,24). The summed E-state index contributed by atoms with van der Waals surface area (Å²) in [5, 5.41) is 12.2. The van der Waals surface area contributed by atoms with E-state index in [9.17, 15) is 9.59 Å². The van der Waals surface area contributed by atoms with E-state index in [-0.39, 0.29) is 24.7 Å². The van der Waals surface area contributed by atoms with Crippen molar-refractivity contribution in [1.29, 1.82) is 0 Å². The largest absolute Gasteiger partial charge is 0.481 e. The zero-order valence-corrected chi connectivity index (χ0v) is 15.2. The molecule has 1 aromatic carbocycles. The molecule has 1 aliphatic rings. The van der Waals surface area contributed by atoms with Crippen LogP contribution >= 0.6 is 22.9 Å². The third kappa shape index (κ3) is 4.58. The predicted molar refractivity (Wildman–Crippen MR) is 97.8 cm³/mol. The highest BCUT2D eigenvalue weighted by Gasteiger charge is 2.24. The van der Waals surface area contributed by atoms with Gasteiger partial charge in [0, 0.05) is 30.5 Å². The van der Waals surface area contributed by atoms with Crippen LogP contribution in [-0.4, -0.2) is 40.0 Å². The van der Waals surface area contributed by atoms with Crippen LogP contribution in [0.5, 0.6) is 0 Å². The van der Waals surface area contributed by atoms with Crippen LogP contribution in [0.4, 0.5) is 0 Å². The second-order valence-corrected chi connectivity index (χ2v) is 7.49. The van der Waals surface area contributed by atoms with Gasteiger partial charge in [0.05, 0.1) is 17.1 Å². The van der Waals surface area contributed by atoms with Crippen molar-refractivity contribution in [2.75, 3.05) is 13.1 Å². The van der Waals surface area contributed by atoms with E-state index in [0.29, 0.717) is 18.1 Å². The maximum absolute atomic E-state index is 12.5. The van der Waals surface area contributed by atoms with Gasteiger partial charge in [-0.25, -0.2) is 4.98 Å². The maximum atomic E-state index is 12.5. The number of piperidine rings is 1. The summed E-state index contributed by atoms with van der Waals surface area (Å²) in [5.74, 6) is -0.545. The Bertz CT molecular complexity index is 769. The van der Waals surface area contributed by atoms with Crippen molar-refractivity contribution in [1.82, 2.24) is 9.88 Å². The second-order valence-electron chi connectivity index (χ2n) is 6.22. The molecule has 2 heterocycles. The average molecular weight is 379 g/mol. The molecule has 1 fully saturated rings. The molecule has 1 aromatic heterocycles. The molecule has 132 valence electrons. The van der Waals surface area contributed by atoms with Gasteiger partial charge in [0.1, 0.15) is 5.01 Å². The third-order valence-corrected chi connectivity index (χ3v) is 5.67. The van der Waals surface area contributed by atoms with Crippen LogP contribution in [0.3, 0.4) is 0 Å². The summed E-state index contributed by atoms with van der Waals surface area (Å²) in [4.78, 5) is 29.6. The number of nitrogens with zero attached hydrogens (tertiary/aromatic N) is 2. The minimum Gasteiger partial charge on any atom is -0.481 e. The van der Waals surface area contributed by atoms with Gasteiger partial charge in [0.2, 0.25) is 5.91 Å². The van der Waals surface area contributed by atoms with E-state index in [1.165, 1.54) is 11.3 Å². The van der Waals surface area contributed by atoms with Gasteiger partial charge in [-0.2, -0.15) is 0 Å². The lowest BCUT2D eigenvalue weighted by atomic mass is 9.93. The normalized spacial score (nSPS) is 15.3. The molecule has 7 heteroatoms. The topological polar surface area (TPSA) is 70.5 Å². The molecular formula is C18H19ClN2O3S. The highest BCUT2D eigenvalue weighted by molar-refractivity contribution is 7.13. The van der Waals surface area contributed by atoms with Crippen LogP contribution in [0.1, 0.15) is 25.0 Å². The van der Waals surface area contributed by atoms with E-state index in [1.54, 1.807) is 0 Å². The number of rotatable bonds is 5. The quantitative estimate of drug-likeness (QED) is 0.860. The van der Waals surface area contributed by atoms with Gasteiger partial charge in [-0.3, -0.25) is 9.59 Å². The summed E-state index contributed by atoms with van der Waals surface area (Å²) in [6.45, 7) is 1.25. The lowest BCUT2D eigenvalue weighted by Gasteiger charge is -2.31. The van der Waals surface area contributed by atoms with Gasteiger partial charge >= 0.3 is 5.97 Å². The molecule has 0 saturated carbocycles. The zero-order chi connectivity index (χ0) is 17.8. The number of hydrogen-bond acceptors (Lipinski definition) is 4. The van der Waals surface area contributed by atoms with Crippen molar-refractivity contribution in [3.63, 3.8) is 0 Å². The van der Waals surface area contributed by atoms with Crippen molar-refractivity contribution in [3.05, 3.63) is 40.4 Å². The SMILES string of the molecule is O=C(O)CC1CCN(C(=O)Cc2csc(-c3ccccc3Cl)n2)CC1. The van der Waals surface area contributed by atoms with Gasteiger partial charge in [-0.15, -0.1) is 11.3 Å². The Hall–Kier alpha value is -1.92. The van der Waals surface area contributed by atoms with Gasteiger partial charge in [-0.05, 0) is 24.8 Å². The van der Waals surface area contributed by atoms with Crippen LogP contribution in [-0.2, 0) is 16.0 Å². The second kappa shape index (κ2) is 7.97. The van der Waals surface area contributed by atoms with Crippen molar-refractivity contribution in [2.24, 2.45) is 5.92 Å². The lowest BCUT2D eigenvalue weighted by molar-refractivity contribution is -0.138. The number of carbonyl (C=O) groups is 2. The lowest BCUT2D eigenvalue weighted by Crippen LogP contribution is -2.39. The Labute approximate surface area is 155 Å². The number of amides is 1. The van der Waals surface area contributed by atoms with Crippen molar-refractivity contribution < 1.29 is 14.7 Å². The molecule has 25 heavy (non-hydrogen) atoms. The molecule has 3 rings (SSSR count). The van der Waals surface area contributed by atoms with Crippen molar-refractivity contribution in [2.45, 2.75) is 25.7 Å². The minimum absolute atomic E-state index is 0.0461. The first-order valence-electron chi connectivity index (χ1n) is 8.22. The minimum atomic E-state index is -0.764. The number of carboxylic acid groups (broad SMARTS) is 1. The van der Waals surface area contributed by atoms with Crippen molar-refractivity contribution in [3.8, 4) is 10.6 Å². The molecule has 0 radical (unpaired) electrons. The number of hydrogen-bond donors (Lipinski definition) is 1. The summed E-state index contributed by atoms with van der Waals surface area (Å²) >= 11 is 7.68. The van der Waals surface area contributed by atoms with Crippen molar-refractivity contribution >= 4 is 34.8 Å². The summed E-state index contributed by atoms with van der Waals surface area (Å²) in [5.41, 5.74) is 1.62. The number of halogens is 1. The Morgan fingerprint density at radius 3 is 2.68 bits per heavy atom. The molecule has 5 nitrogen and oxygen atoms in total. The number of benzene rings is 1. The Morgan fingerprint density at radius 1 is 1.28 bits per heavy atom. The third-order valence-electron chi connectivity index (χ3n) is 4.42. The van der Waals surface area contributed by atoms with Crippen LogP contribution in [0.15, 0.2) is 29.6 Å². The summed E-state index contributed by atoms with van der Waals surface area (Å²) in [6.07, 6.45) is 1.96. The highest BCUT2D eigenvalue weighted by Crippen LogP contribution is 2.30. The van der Waals surface area contributed by atoms with E-state index in [0.717, 1.165) is 29.1 Å². The van der Waals surface area contributed by atoms with E-state index in [1.807, 2.05) is 34.5 Å². The highest BCUT2D eigenvalue weighted by atomic mass is 35.5. The first kappa shape index (κ1) is 17.9. The number of carbonyl (C=O) groups excluding carboxylic acids is 1. The van der Waals surface area contributed by atoms with Crippen LogP contribution in [0, 0.1) is 5.92 Å². The summed E-state index contributed by atoms with van der Waals surface area (Å²) in [6, 6.07) is 7.52. The maximum Gasteiger partial charge on any atom is 0.303 e. The fourth-order valence-corrected chi connectivity index (χ4v) is 4.19. The molecule has 0 bridgehead atoms. The average Bonchev–Trinajstić information content (AvgIpc) is 3.03. The molecule has 0 spiro atoms. The molecule has 1 saturated heterocycles. The first-order valence-corrected chi connectivity index (χ1v) is 9.47. The number of thiazole rings is 1. The molecule has 1 amide bonds. The zero-order valence-electron chi connectivity index (χ0n) is 13.7. The number of likely N-dealkylation sites (tertiary alicyclic amines) is 1. The molecule has 0 aliphatic carbocycles. The first-order chi connectivity index (χ1) is 12.0. The fourth-order valence-electron chi connectivity index (χ4n) is 3.05. The van der Waals surface area contributed by atoms with Crippen LogP contribution in [0.2, 0.25) is 5.02 Å². The van der Waals surface area contributed by atoms with E-state index in [2.05, 4.69) is 4.98 Å². The van der Waals surface area contributed by atoms with E-state index in [4.69, 9.17) is 16.7 Å². The Morgan fingerprint density at radius 2 is 2.00 bits per heavy atom. The fraction of sp³-hybridized carbons (Fsp3) is 0.389. The van der Waals surface area contributed by atoms with Crippen LogP contribution < -0.4 is 0 Å². The van der Waals surface area contributed by atoms with E-state index >= 15 is 0 Å². The number of aliphatic carboxylic acids is 1. The Kier molecular flexibility index (Phi) is 5.71. The number of aromatic nitrogens is 1. The smallest absolute Gasteiger partial charge is 0.303 e. The van der Waals surface area contributed by atoms with Gasteiger partial charge < -0.3 is 10.0 Å². The molecule has 1 aliphatic heterocycles. The summed E-state index contributed by atoms with van der Waals surface area (Å²) < 4.78 is 0. The summed E-state index contributed by atoms with van der Waals surface area (Å²) in [7, 11) is 0. The van der Waals surface area contributed by atoms with E-state index < -0.39 is 5.97 Å². The monoisotopic (exact) mass is 378 g/mol. The number of carboxylic acids is 1. The van der Waals surface area contributed by atoms with Gasteiger partial charge in [-0.1, -0.05) is 29.8 Å². The molecule has 1 N–H and O–H groups in total. The molecule has 2 aromatic rings.